The second-order valence-electron chi connectivity index (χ2n) is 19.3. The summed E-state index contributed by atoms with van der Waals surface area (Å²) in [6, 6.07) is 59.6. The molecule has 3 aliphatic heterocycles. The first-order valence-corrected chi connectivity index (χ1v) is 22.6. The molecule has 1 spiro atoms. The number of fused-ring (bicyclic) bond motifs is 11. The second-order valence-corrected chi connectivity index (χ2v) is 19.3. The summed E-state index contributed by atoms with van der Waals surface area (Å²) in [6.07, 6.45) is 0. The summed E-state index contributed by atoms with van der Waals surface area (Å²) in [5.41, 5.74) is 29.2. The summed E-state index contributed by atoms with van der Waals surface area (Å²) in [5, 5.41) is 4.08. The smallest absolute Gasteiger partial charge is 0.252 e. The fourth-order valence-electron chi connectivity index (χ4n) is 12.6. The number of benzene rings is 8. The molecule has 0 radical (unpaired) electrons. The van der Waals surface area contributed by atoms with Gasteiger partial charge in [0.1, 0.15) is 0 Å². The van der Waals surface area contributed by atoms with Gasteiger partial charge in [-0.3, -0.25) is 0 Å². The van der Waals surface area contributed by atoms with Crippen LogP contribution in [0.25, 0.3) is 77.6 Å². The molecular formula is C59H45BN2. The molecule has 8 aromatic carbocycles. The van der Waals surface area contributed by atoms with Crippen LogP contribution in [0.15, 0.2) is 152 Å². The lowest BCUT2D eigenvalue weighted by molar-refractivity contribution is 0.743. The van der Waals surface area contributed by atoms with Gasteiger partial charge >= 0.3 is 0 Å². The Hall–Kier alpha value is -6.84. The van der Waals surface area contributed by atoms with E-state index >= 15 is 0 Å². The van der Waals surface area contributed by atoms with Crippen molar-refractivity contribution in [2.24, 2.45) is 0 Å². The molecule has 0 bridgehead atoms. The molecule has 0 saturated carbocycles. The molecule has 3 heteroatoms. The summed E-state index contributed by atoms with van der Waals surface area (Å²) >= 11 is 0. The first kappa shape index (κ1) is 34.8. The number of aromatic nitrogens is 2. The Kier molecular flexibility index (Phi) is 6.60. The largest absolute Gasteiger partial charge is 0.310 e. The Labute approximate surface area is 363 Å². The lowest BCUT2D eigenvalue weighted by Crippen LogP contribution is -2.60. The minimum absolute atomic E-state index is 0.0517. The lowest BCUT2D eigenvalue weighted by atomic mass is 9.33. The van der Waals surface area contributed by atoms with Gasteiger partial charge < -0.3 is 9.13 Å². The highest BCUT2D eigenvalue weighted by atomic mass is 15.1. The maximum atomic E-state index is 2.75. The van der Waals surface area contributed by atoms with Gasteiger partial charge in [0.15, 0.2) is 0 Å². The van der Waals surface area contributed by atoms with Crippen molar-refractivity contribution >= 4 is 55.8 Å². The Morgan fingerprint density at radius 3 is 1.73 bits per heavy atom. The maximum Gasteiger partial charge on any atom is 0.252 e. The van der Waals surface area contributed by atoms with E-state index in [1.54, 1.807) is 0 Å². The zero-order valence-electron chi connectivity index (χ0n) is 36.1. The standard InChI is InChI=1S/C59H45BN2/c1-32(2)38-28-43-44-29-39(33(3)4)31-50-57(44)62-55(43)48(30-38)59(45-15-9-7-12-40(45)41-13-8-10-16-46(41)59)47-26-27-51-53(58(47)62)60(50)49-17-11-14-42-52(36-22-18-34(5)19-23-36)54(61(51)56(42)49)37-24-20-35(6)21-25-37/h7-33H,1-6H3. The summed E-state index contributed by atoms with van der Waals surface area (Å²) in [4.78, 5) is 0. The summed E-state index contributed by atoms with van der Waals surface area (Å²) in [5.74, 6) is 0.750. The van der Waals surface area contributed by atoms with Crippen LogP contribution in [0.2, 0.25) is 0 Å². The number of rotatable bonds is 4. The highest BCUT2D eigenvalue weighted by Gasteiger charge is 2.54. The third-order valence-corrected chi connectivity index (χ3v) is 15.4. The Morgan fingerprint density at radius 2 is 1.06 bits per heavy atom. The van der Waals surface area contributed by atoms with E-state index in [9.17, 15) is 0 Å². The van der Waals surface area contributed by atoms with Gasteiger partial charge in [-0.05, 0) is 116 Å². The van der Waals surface area contributed by atoms with E-state index < -0.39 is 5.41 Å². The lowest BCUT2D eigenvalue weighted by Gasteiger charge is -2.44. The predicted molar refractivity (Wildman–Crippen MR) is 262 cm³/mol. The van der Waals surface area contributed by atoms with Crippen LogP contribution in [0.1, 0.15) is 84.0 Å². The molecule has 1 aliphatic carbocycles. The van der Waals surface area contributed by atoms with Crippen molar-refractivity contribution in [1.82, 2.24) is 9.13 Å². The second kappa shape index (κ2) is 11.7. The maximum absolute atomic E-state index is 2.75. The Bertz CT molecular complexity index is 3600. The van der Waals surface area contributed by atoms with E-state index in [1.165, 1.54) is 138 Å². The average molecular weight is 793 g/mol. The van der Waals surface area contributed by atoms with Crippen molar-refractivity contribution in [2.45, 2.75) is 58.8 Å². The Balaban J connectivity index is 1.24. The van der Waals surface area contributed by atoms with Gasteiger partial charge in [0.2, 0.25) is 0 Å². The van der Waals surface area contributed by atoms with Crippen LogP contribution < -0.4 is 16.4 Å². The molecule has 294 valence electrons. The third-order valence-electron chi connectivity index (χ3n) is 15.4. The van der Waals surface area contributed by atoms with Crippen LogP contribution >= 0.6 is 0 Å². The molecule has 10 aromatic rings. The van der Waals surface area contributed by atoms with E-state index in [4.69, 9.17) is 0 Å². The molecule has 0 amide bonds. The molecule has 14 rings (SSSR count). The van der Waals surface area contributed by atoms with Gasteiger partial charge in [-0.2, -0.15) is 0 Å². The van der Waals surface area contributed by atoms with Crippen LogP contribution in [0.4, 0.5) is 0 Å². The zero-order valence-corrected chi connectivity index (χ0v) is 36.1. The fourth-order valence-corrected chi connectivity index (χ4v) is 12.6. The molecule has 2 nitrogen and oxygen atoms in total. The summed E-state index contributed by atoms with van der Waals surface area (Å²) < 4.78 is 5.43. The van der Waals surface area contributed by atoms with Gasteiger partial charge in [0.25, 0.3) is 6.71 Å². The van der Waals surface area contributed by atoms with E-state index in [0.717, 1.165) is 0 Å². The number of nitrogens with zero attached hydrogens (tertiary/aromatic N) is 2. The third kappa shape index (κ3) is 4.00. The fraction of sp³-hybridized carbons (Fsp3) is 0.153. The average Bonchev–Trinajstić information content (AvgIpc) is 3.92. The first-order chi connectivity index (χ1) is 30.3. The molecule has 0 saturated heterocycles. The van der Waals surface area contributed by atoms with Crippen molar-refractivity contribution in [3.05, 3.63) is 196 Å². The quantitative estimate of drug-likeness (QED) is 0.157. The molecule has 5 heterocycles. The van der Waals surface area contributed by atoms with Crippen LogP contribution in [-0.2, 0) is 5.41 Å². The first-order valence-electron chi connectivity index (χ1n) is 22.6. The molecule has 2 aromatic heterocycles. The van der Waals surface area contributed by atoms with Crippen molar-refractivity contribution in [2.75, 3.05) is 0 Å². The molecular weight excluding hydrogens is 747 g/mol. The van der Waals surface area contributed by atoms with Crippen LogP contribution in [-0.4, -0.2) is 15.8 Å². The van der Waals surface area contributed by atoms with Crippen molar-refractivity contribution < 1.29 is 0 Å². The van der Waals surface area contributed by atoms with Crippen LogP contribution in [0, 0.1) is 13.8 Å². The Morgan fingerprint density at radius 1 is 0.468 bits per heavy atom. The highest BCUT2D eigenvalue weighted by Crippen LogP contribution is 2.62. The minimum atomic E-state index is -0.496. The van der Waals surface area contributed by atoms with Crippen LogP contribution in [0.5, 0.6) is 0 Å². The number of hydrogen-bond acceptors (Lipinski definition) is 0. The topological polar surface area (TPSA) is 9.86 Å². The summed E-state index contributed by atoms with van der Waals surface area (Å²) in [6.45, 7) is 13.9. The monoisotopic (exact) mass is 792 g/mol. The molecule has 0 unspecified atom stereocenters. The minimum Gasteiger partial charge on any atom is -0.310 e. The van der Waals surface area contributed by atoms with Crippen molar-refractivity contribution in [3.8, 4) is 44.9 Å². The van der Waals surface area contributed by atoms with Gasteiger partial charge in [-0.25, -0.2) is 0 Å². The van der Waals surface area contributed by atoms with Crippen molar-refractivity contribution in [3.63, 3.8) is 0 Å². The normalized spacial score (nSPS) is 14.4. The highest BCUT2D eigenvalue weighted by molar-refractivity contribution is 7.00. The SMILES string of the molecule is Cc1ccc(-c2c(-c3ccc(C)cc3)n3c4c(cccc24)B2c4c-3ccc3c4-n4c5c2cc(C(C)C)cc5c2cc(C(C)C)cc(c24)C32c3ccccc3-c3ccccc32)cc1. The molecule has 0 fully saturated rings. The van der Waals surface area contributed by atoms with Crippen molar-refractivity contribution in [1.29, 1.82) is 0 Å². The number of para-hydroxylation sites is 1. The van der Waals surface area contributed by atoms with Crippen LogP contribution in [0.3, 0.4) is 0 Å². The van der Waals surface area contributed by atoms with Gasteiger partial charge in [0.05, 0.1) is 16.6 Å². The van der Waals surface area contributed by atoms with E-state index in [0.29, 0.717) is 11.8 Å². The van der Waals surface area contributed by atoms with E-state index in [2.05, 4.69) is 202 Å². The van der Waals surface area contributed by atoms with Gasteiger partial charge in [-0.15, -0.1) is 0 Å². The predicted octanol–water partition coefficient (Wildman–Crippen LogP) is 12.7. The molecule has 0 atom stereocenters. The van der Waals surface area contributed by atoms with E-state index in [1.807, 2.05) is 0 Å². The van der Waals surface area contributed by atoms with Gasteiger partial charge in [0, 0.05) is 44.1 Å². The molecule has 62 heavy (non-hydrogen) atoms. The summed E-state index contributed by atoms with van der Waals surface area (Å²) in [7, 11) is 0. The van der Waals surface area contributed by atoms with Gasteiger partial charge in [-0.1, -0.05) is 172 Å². The number of aryl methyl sites for hydroxylation is 2. The number of hydrogen-bond donors (Lipinski definition) is 0. The molecule has 0 N–H and O–H groups in total. The zero-order chi connectivity index (χ0) is 41.5. The molecule has 4 aliphatic rings. The van der Waals surface area contributed by atoms with E-state index in [-0.39, 0.29) is 6.71 Å².